The molecular weight excluding hydrogens is 563 g/mol. The summed E-state index contributed by atoms with van der Waals surface area (Å²) in [7, 11) is 3.52. The second kappa shape index (κ2) is 11.5. The molecule has 1 fully saturated rings. The number of nitrogens with zero attached hydrogens (tertiary/aromatic N) is 8. The van der Waals surface area contributed by atoms with Crippen LogP contribution in [-0.2, 0) is 6.54 Å². The minimum atomic E-state index is -0.411. The second-order valence-electron chi connectivity index (χ2n) is 10.1. The van der Waals surface area contributed by atoms with Crippen LogP contribution in [0.3, 0.4) is 0 Å². The van der Waals surface area contributed by atoms with Gasteiger partial charge in [0.05, 0.1) is 12.0 Å². The standard InChI is InChI=1S/C27H31FN10O3S/c1-30-7-8-34(2)25(39)17-5-6-19(18(28)16-17)36-12-9-35(10-13-36)11-14-37-23-21(42-27(37)40)24-31-22(20-4-3-15-41-20)33-38(24)26(29)32-23/h3-6,15-16,30H,7-14H2,1-2H3,(H2,29,32). The first-order valence-electron chi connectivity index (χ1n) is 13.6. The Morgan fingerprint density at radius 2 is 1.98 bits per heavy atom. The monoisotopic (exact) mass is 594 g/mol. The first kappa shape index (κ1) is 27.8. The SMILES string of the molecule is CNCCN(C)C(=O)c1ccc(N2CCN(CCn3c(=O)sc4c3nc(N)n3nc(-c5ccco5)nc43)CC2)c(F)c1. The number of anilines is 2. The van der Waals surface area contributed by atoms with Gasteiger partial charge >= 0.3 is 4.87 Å². The third-order valence-corrected chi connectivity index (χ3v) is 8.41. The van der Waals surface area contributed by atoms with Crippen molar-refractivity contribution in [3.05, 3.63) is 57.6 Å². The molecule has 0 aliphatic carbocycles. The van der Waals surface area contributed by atoms with Crippen LogP contribution in [0.1, 0.15) is 10.4 Å². The number of piperazine rings is 1. The summed E-state index contributed by atoms with van der Waals surface area (Å²) in [5, 5.41) is 7.39. The molecule has 220 valence electrons. The van der Waals surface area contributed by atoms with Gasteiger partial charge < -0.3 is 25.3 Å². The first-order chi connectivity index (χ1) is 20.3. The lowest BCUT2D eigenvalue weighted by Crippen LogP contribution is -2.47. The fraction of sp³-hybridized carbons (Fsp3) is 0.370. The van der Waals surface area contributed by atoms with E-state index in [2.05, 4.69) is 25.3 Å². The first-order valence-corrected chi connectivity index (χ1v) is 14.4. The lowest BCUT2D eigenvalue weighted by atomic mass is 10.1. The third kappa shape index (κ3) is 5.21. The molecule has 0 saturated carbocycles. The predicted octanol–water partition coefficient (Wildman–Crippen LogP) is 1.60. The van der Waals surface area contributed by atoms with Gasteiger partial charge in [-0.15, -0.1) is 5.10 Å². The zero-order chi connectivity index (χ0) is 29.4. The summed E-state index contributed by atoms with van der Waals surface area (Å²) >= 11 is 1.06. The van der Waals surface area contributed by atoms with Crippen molar-refractivity contribution >= 4 is 44.9 Å². The van der Waals surface area contributed by atoms with Gasteiger partial charge in [-0.1, -0.05) is 11.3 Å². The number of hydrogen-bond donors (Lipinski definition) is 2. The van der Waals surface area contributed by atoms with Crippen LogP contribution in [-0.4, -0.2) is 99.8 Å². The predicted molar refractivity (Wildman–Crippen MR) is 158 cm³/mol. The topological polar surface area (TPSA) is 143 Å². The van der Waals surface area contributed by atoms with E-state index in [0.29, 0.717) is 91.2 Å². The Hall–Kier alpha value is -4.34. The van der Waals surface area contributed by atoms with Crippen LogP contribution in [0.5, 0.6) is 0 Å². The summed E-state index contributed by atoms with van der Waals surface area (Å²) < 4.78 is 24.1. The van der Waals surface area contributed by atoms with Crippen molar-refractivity contribution < 1.29 is 13.6 Å². The van der Waals surface area contributed by atoms with E-state index in [1.807, 2.05) is 11.9 Å². The van der Waals surface area contributed by atoms with Crippen molar-refractivity contribution in [1.29, 1.82) is 0 Å². The van der Waals surface area contributed by atoms with Crippen LogP contribution in [0.4, 0.5) is 16.0 Å². The van der Waals surface area contributed by atoms with Crippen molar-refractivity contribution in [3.8, 4) is 11.6 Å². The van der Waals surface area contributed by atoms with Gasteiger partial charge in [0.1, 0.15) is 10.5 Å². The van der Waals surface area contributed by atoms with Crippen molar-refractivity contribution in [1.82, 2.24) is 39.3 Å². The van der Waals surface area contributed by atoms with Crippen LogP contribution in [0, 0.1) is 5.82 Å². The number of halogens is 1. The molecule has 42 heavy (non-hydrogen) atoms. The molecular formula is C27H31FN10O3S. The number of likely N-dealkylation sites (N-methyl/N-ethyl adjacent to an activating group) is 2. The molecule has 4 aromatic heterocycles. The maximum Gasteiger partial charge on any atom is 0.309 e. The number of furan rings is 1. The highest BCUT2D eigenvalue weighted by Gasteiger charge is 2.23. The van der Waals surface area contributed by atoms with E-state index in [1.54, 1.807) is 40.8 Å². The summed E-state index contributed by atoms with van der Waals surface area (Å²) in [6.45, 7) is 4.86. The number of fused-ring (bicyclic) bond motifs is 3. The van der Waals surface area contributed by atoms with Gasteiger partial charge in [-0.3, -0.25) is 19.1 Å². The van der Waals surface area contributed by atoms with Crippen molar-refractivity contribution in [3.63, 3.8) is 0 Å². The van der Waals surface area contributed by atoms with Crippen LogP contribution in [0.2, 0.25) is 0 Å². The fourth-order valence-corrected chi connectivity index (χ4v) is 6.02. The quantitative estimate of drug-likeness (QED) is 0.258. The van der Waals surface area contributed by atoms with Gasteiger partial charge in [0.25, 0.3) is 5.91 Å². The van der Waals surface area contributed by atoms with Crippen LogP contribution < -0.4 is 20.8 Å². The number of benzene rings is 1. The van der Waals surface area contributed by atoms with Gasteiger partial charge in [-0.2, -0.15) is 9.50 Å². The van der Waals surface area contributed by atoms with E-state index >= 15 is 4.39 Å². The molecule has 6 rings (SSSR count). The second-order valence-corrected chi connectivity index (χ2v) is 11.1. The average molecular weight is 595 g/mol. The molecule has 5 aromatic rings. The molecule has 0 bridgehead atoms. The number of nitrogens with one attached hydrogen (secondary N) is 1. The van der Waals surface area contributed by atoms with Gasteiger partial charge in [-0.05, 0) is 37.4 Å². The molecule has 1 aliphatic rings. The highest BCUT2D eigenvalue weighted by Crippen LogP contribution is 2.26. The number of carbonyl (C=O) groups is 1. The zero-order valence-corrected chi connectivity index (χ0v) is 24.1. The van der Waals surface area contributed by atoms with Gasteiger partial charge in [0, 0.05) is 65.0 Å². The molecule has 1 saturated heterocycles. The minimum absolute atomic E-state index is 0.127. The van der Waals surface area contributed by atoms with Crippen LogP contribution in [0.25, 0.3) is 27.6 Å². The Bertz CT molecular complexity index is 1790. The number of thiazole rings is 1. The summed E-state index contributed by atoms with van der Waals surface area (Å²) in [4.78, 5) is 40.2. The number of nitrogens with two attached hydrogens (primary N) is 1. The van der Waals surface area contributed by atoms with Gasteiger partial charge in [0.2, 0.25) is 11.8 Å². The molecule has 1 aliphatic heterocycles. The van der Waals surface area contributed by atoms with Crippen molar-refractivity contribution in [2.24, 2.45) is 0 Å². The molecule has 3 N–H and O–H groups in total. The minimum Gasteiger partial charge on any atom is -0.461 e. The smallest absolute Gasteiger partial charge is 0.309 e. The summed E-state index contributed by atoms with van der Waals surface area (Å²) in [6.07, 6.45) is 1.54. The lowest BCUT2D eigenvalue weighted by molar-refractivity contribution is 0.0796. The summed E-state index contributed by atoms with van der Waals surface area (Å²) in [5.41, 5.74) is 7.93. The molecule has 1 amide bonds. The van der Waals surface area contributed by atoms with E-state index in [0.717, 1.165) is 11.3 Å². The van der Waals surface area contributed by atoms with Crippen molar-refractivity contribution in [2.75, 3.05) is 70.5 Å². The Morgan fingerprint density at radius 1 is 1.17 bits per heavy atom. The number of aromatic nitrogens is 5. The molecule has 5 heterocycles. The average Bonchev–Trinajstić information content (AvgIpc) is 3.74. The lowest BCUT2D eigenvalue weighted by Gasteiger charge is -2.36. The van der Waals surface area contributed by atoms with Gasteiger partial charge in [0.15, 0.2) is 17.1 Å². The number of amides is 1. The third-order valence-electron chi connectivity index (χ3n) is 7.45. The molecule has 13 nitrogen and oxygen atoms in total. The maximum atomic E-state index is 15.1. The largest absolute Gasteiger partial charge is 0.461 e. The Balaban J connectivity index is 1.11. The van der Waals surface area contributed by atoms with Crippen LogP contribution >= 0.6 is 11.3 Å². The Labute approximate surface area is 244 Å². The molecule has 0 unspecified atom stereocenters. The molecule has 15 heteroatoms. The molecule has 0 atom stereocenters. The summed E-state index contributed by atoms with van der Waals surface area (Å²) in [5.74, 6) is 0.361. The highest BCUT2D eigenvalue weighted by molar-refractivity contribution is 7.17. The van der Waals surface area contributed by atoms with Crippen molar-refractivity contribution in [2.45, 2.75) is 6.54 Å². The summed E-state index contributed by atoms with van der Waals surface area (Å²) in [6, 6.07) is 8.17. The molecule has 0 spiro atoms. The number of hydrogen-bond acceptors (Lipinski definition) is 11. The normalized spacial score (nSPS) is 14.3. The van der Waals surface area contributed by atoms with Crippen LogP contribution in [0.15, 0.2) is 45.8 Å². The number of rotatable bonds is 9. The maximum absolute atomic E-state index is 15.1. The van der Waals surface area contributed by atoms with E-state index in [4.69, 9.17) is 10.2 Å². The number of nitrogen functional groups attached to an aromatic ring is 1. The van der Waals surface area contributed by atoms with E-state index < -0.39 is 5.82 Å². The number of carbonyl (C=O) groups excluding carboxylic acids is 1. The Kier molecular flexibility index (Phi) is 7.62. The fourth-order valence-electron chi connectivity index (χ4n) is 5.09. The van der Waals surface area contributed by atoms with E-state index in [9.17, 15) is 9.59 Å². The van der Waals surface area contributed by atoms with Gasteiger partial charge in [-0.25, -0.2) is 9.37 Å². The molecule has 0 radical (unpaired) electrons. The molecule has 1 aromatic carbocycles. The highest BCUT2D eigenvalue weighted by atomic mass is 32.1. The Morgan fingerprint density at radius 3 is 2.69 bits per heavy atom. The van der Waals surface area contributed by atoms with E-state index in [-0.39, 0.29) is 16.7 Å². The zero-order valence-electron chi connectivity index (χ0n) is 23.3. The van der Waals surface area contributed by atoms with E-state index in [1.165, 1.54) is 16.8 Å².